The molecule has 0 fully saturated rings. The summed E-state index contributed by atoms with van der Waals surface area (Å²) in [6.45, 7) is 3.65. The lowest BCUT2D eigenvalue weighted by Crippen LogP contribution is -1.95. The van der Waals surface area contributed by atoms with Crippen LogP contribution in [0.4, 0.5) is 0 Å². The molecule has 0 saturated heterocycles. The van der Waals surface area contributed by atoms with Crippen LogP contribution in [0.15, 0.2) is 30.8 Å². The molecule has 0 heterocycles. The Labute approximate surface area is 78.7 Å². The van der Waals surface area contributed by atoms with Crippen LogP contribution in [0.25, 0.3) is 4.48 Å². The molecule has 12 heavy (non-hydrogen) atoms. The van der Waals surface area contributed by atoms with E-state index in [0.29, 0.717) is 4.48 Å². The zero-order valence-corrected chi connectivity index (χ0v) is 7.84. The highest BCUT2D eigenvalue weighted by Gasteiger charge is 2.02. The van der Waals surface area contributed by atoms with E-state index in [2.05, 4.69) is 22.5 Å². The maximum atomic E-state index is 10.5. The predicted molar refractivity (Wildman–Crippen MR) is 51.4 cm³/mol. The molecule has 0 amide bonds. The van der Waals surface area contributed by atoms with Crippen molar-refractivity contribution in [3.63, 3.8) is 0 Å². The minimum absolute atomic E-state index is 0.271. The lowest BCUT2D eigenvalue weighted by molar-refractivity contribution is 0.0697. The summed E-state index contributed by atoms with van der Waals surface area (Å²) in [6, 6.07) is 6.59. The SMILES string of the molecule is C=C(Br)c1cccc(C(=O)O)c1. The Hall–Kier alpha value is -1.09. The van der Waals surface area contributed by atoms with Gasteiger partial charge in [-0.25, -0.2) is 4.79 Å². The van der Waals surface area contributed by atoms with Crippen molar-refractivity contribution in [2.45, 2.75) is 0 Å². The van der Waals surface area contributed by atoms with Crippen molar-refractivity contribution in [2.24, 2.45) is 0 Å². The Morgan fingerprint density at radius 2 is 2.00 bits per heavy atom. The van der Waals surface area contributed by atoms with Gasteiger partial charge in [0.25, 0.3) is 0 Å². The van der Waals surface area contributed by atoms with Crippen LogP contribution in [0.3, 0.4) is 0 Å². The lowest BCUT2D eigenvalue weighted by Gasteiger charge is -1.98. The Morgan fingerprint density at radius 1 is 1.42 bits per heavy atom. The maximum Gasteiger partial charge on any atom is 0.335 e. The quantitative estimate of drug-likeness (QED) is 0.843. The largest absolute Gasteiger partial charge is 0.478 e. The molecule has 1 N–H and O–H groups in total. The molecule has 1 aromatic carbocycles. The lowest BCUT2D eigenvalue weighted by atomic mass is 10.1. The number of carboxylic acids is 1. The molecule has 3 heteroatoms. The number of halogens is 1. The van der Waals surface area contributed by atoms with E-state index in [0.717, 1.165) is 5.56 Å². The summed E-state index contributed by atoms with van der Waals surface area (Å²) in [7, 11) is 0. The van der Waals surface area contributed by atoms with E-state index >= 15 is 0 Å². The summed E-state index contributed by atoms with van der Waals surface area (Å²) in [5.74, 6) is -0.925. The molecule has 0 unspecified atom stereocenters. The second-order valence-corrected chi connectivity index (χ2v) is 3.25. The van der Waals surface area contributed by atoms with Crippen molar-refractivity contribution in [2.75, 3.05) is 0 Å². The van der Waals surface area contributed by atoms with Crippen LogP contribution in [0.1, 0.15) is 15.9 Å². The van der Waals surface area contributed by atoms with Gasteiger partial charge < -0.3 is 5.11 Å². The summed E-state index contributed by atoms with van der Waals surface area (Å²) in [4.78, 5) is 10.5. The molecule has 0 aliphatic rings. The molecular weight excluding hydrogens is 220 g/mol. The number of rotatable bonds is 2. The second-order valence-electron chi connectivity index (χ2n) is 2.29. The van der Waals surface area contributed by atoms with Gasteiger partial charge in [0.15, 0.2) is 0 Å². The third-order valence-electron chi connectivity index (χ3n) is 1.42. The van der Waals surface area contributed by atoms with Gasteiger partial charge in [0, 0.05) is 4.48 Å². The van der Waals surface area contributed by atoms with Gasteiger partial charge >= 0.3 is 5.97 Å². The van der Waals surface area contributed by atoms with Crippen molar-refractivity contribution in [3.05, 3.63) is 42.0 Å². The molecule has 0 spiro atoms. The Morgan fingerprint density at radius 3 is 2.50 bits per heavy atom. The number of carbonyl (C=O) groups is 1. The van der Waals surface area contributed by atoms with Crippen LogP contribution in [-0.2, 0) is 0 Å². The average Bonchev–Trinajstić information content (AvgIpc) is 2.04. The minimum Gasteiger partial charge on any atom is -0.478 e. The van der Waals surface area contributed by atoms with Gasteiger partial charge in [-0.1, -0.05) is 34.6 Å². The Balaban J connectivity index is 3.12. The summed E-state index contributed by atoms with van der Waals surface area (Å²) in [6.07, 6.45) is 0. The fourth-order valence-electron chi connectivity index (χ4n) is 0.821. The minimum atomic E-state index is -0.925. The molecule has 0 aliphatic carbocycles. The fraction of sp³-hybridized carbons (Fsp3) is 0. The van der Waals surface area contributed by atoms with Crippen LogP contribution in [-0.4, -0.2) is 11.1 Å². The average molecular weight is 227 g/mol. The highest BCUT2D eigenvalue weighted by Crippen LogP contribution is 2.19. The van der Waals surface area contributed by atoms with Gasteiger partial charge in [0.05, 0.1) is 5.56 Å². The van der Waals surface area contributed by atoms with Gasteiger partial charge in [-0.15, -0.1) is 0 Å². The van der Waals surface area contributed by atoms with Gasteiger partial charge in [-0.2, -0.15) is 0 Å². The molecule has 0 saturated carbocycles. The highest BCUT2D eigenvalue weighted by atomic mass is 79.9. The smallest absolute Gasteiger partial charge is 0.335 e. The van der Waals surface area contributed by atoms with E-state index in [1.165, 1.54) is 0 Å². The van der Waals surface area contributed by atoms with Crippen molar-refractivity contribution in [1.29, 1.82) is 0 Å². The van der Waals surface area contributed by atoms with Crippen LogP contribution in [0, 0.1) is 0 Å². The maximum absolute atomic E-state index is 10.5. The zero-order valence-electron chi connectivity index (χ0n) is 6.25. The number of carboxylic acid groups (broad SMARTS) is 1. The first-order valence-electron chi connectivity index (χ1n) is 3.29. The molecule has 0 bridgehead atoms. The molecule has 2 nitrogen and oxygen atoms in total. The van der Waals surface area contributed by atoms with Crippen LogP contribution >= 0.6 is 15.9 Å². The summed E-state index contributed by atoms with van der Waals surface area (Å²) in [5.41, 5.74) is 1.06. The molecule has 1 rings (SSSR count). The van der Waals surface area contributed by atoms with Crippen molar-refractivity contribution in [3.8, 4) is 0 Å². The first-order chi connectivity index (χ1) is 5.61. The fourth-order valence-corrected chi connectivity index (χ4v) is 1.07. The Kier molecular flexibility index (Phi) is 2.65. The standard InChI is InChI=1S/C9H7BrO2/c1-6(10)7-3-2-4-8(5-7)9(11)12/h2-5H,1H2,(H,11,12). The van der Waals surface area contributed by atoms with Gasteiger partial charge in [-0.05, 0) is 17.7 Å². The molecule has 0 aliphatic heterocycles. The number of hydrogen-bond acceptors (Lipinski definition) is 1. The van der Waals surface area contributed by atoms with E-state index < -0.39 is 5.97 Å². The normalized spacial score (nSPS) is 9.42. The molecule has 0 radical (unpaired) electrons. The third kappa shape index (κ3) is 1.95. The monoisotopic (exact) mass is 226 g/mol. The van der Waals surface area contributed by atoms with Crippen molar-refractivity contribution >= 4 is 26.4 Å². The predicted octanol–water partition coefficient (Wildman–Crippen LogP) is 2.75. The van der Waals surface area contributed by atoms with Crippen molar-refractivity contribution in [1.82, 2.24) is 0 Å². The Bertz CT molecular complexity index is 302. The van der Waals surface area contributed by atoms with E-state index in [-0.39, 0.29) is 5.56 Å². The second kappa shape index (κ2) is 3.54. The first-order valence-corrected chi connectivity index (χ1v) is 4.08. The van der Waals surface area contributed by atoms with Crippen molar-refractivity contribution < 1.29 is 9.90 Å². The molecule has 0 aromatic heterocycles. The topological polar surface area (TPSA) is 37.3 Å². The van der Waals surface area contributed by atoms with Crippen LogP contribution in [0.2, 0.25) is 0 Å². The molecule has 1 aromatic rings. The van der Waals surface area contributed by atoms with E-state index in [4.69, 9.17) is 5.11 Å². The zero-order chi connectivity index (χ0) is 9.14. The number of benzene rings is 1. The van der Waals surface area contributed by atoms with E-state index in [9.17, 15) is 4.79 Å². The molecule has 62 valence electrons. The van der Waals surface area contributed by atoms with Gasteiger partial charge in [0.2, 0.25) is 0 Å². The van der Waals surface area contributed by atoms with Gasteiger partial charge in [0.1, 0.15) is 0 Å². The summed E-state index contributed by atoms with van der Waals surface area (Å²) < 4.78 is 0.686. The van der Waals surface area contributed by atoms with E-state index in [1.807, 2.05) is 0 Å². The molecule has 0 atom stereocenters. The highest BCUT2D eigenvalue weighted by molar-refractivity contribution is 9.15. The van der Waals surface area contributed by atoms with Crippen LogP contribution < -0.4 is 0 Å². The van der Waals surface area contributed by atoms with Crippen LogP contribution in [0.5, 0.6) is 0 Å². The number of aromatic carboxylic acids is 1. The molecular formula is C9H7BrO2. The first kappa shape index (κ1) is 9.00. The third-order valence-corrected chi connectivity index (χ3v) is 1.88. The number of hydrogen-bond donors (Lipinski definition) is 1. The summed E-state index contributed by atoms with van der Waals surface area (Å²) in [5, 5.41) is 8.65. The summed E-state index contributed by atoms with van der Waals surface area (Å²) >= 11 is 3.18. The van der Waals surface area contributed by atoms with E-state index in [1.54, 1.807) is 24.3 Å². The van der Waals surface area contributed by atoms with Gasteiger partial charge in [-0.3, -0.25) is 0 Å².